The number of ketones is 1. The Kier molecular flexibility index (Phi) is 5.78. The van der Waals surface area contributed by atoms with E-state index in [0.29, 0.717) is 37.4 Å². The summed E-state index contributed by atoms with van der Waals surface area (Å²) in [4.78, 5) is 33.4. The SMILES string of the molecule is O=C1C(=O)N(CCN2CCOCC2)C(c2ccc(O)cc2)/C1=C(\O)c1ccncc1. The lowest BCUT2D eigenvalue weighted by atomic mass is 9.95. The van der Waals surface area contributed by atoms with Gasteiger partial charge in [0.25, 0.3) is 11.7 Å². The molecule has 8 nitrogen and oxygen atoms in total. The van der Waals surface area contributed by atoms with E-state index in [1.807, 2.05) is 0 Å². The van der Waals surface area contributed by atoms with E-state index in [2.05, 4.69) is 9.88 Å². The highest BCUT2D eigenvalue weighted by Gasteiger charge is 2.46. The van der Waals surface area contributed by atoms with Gasteiger partial charge < -0.3 is 19.8 Å². The van der Waals surface area contributed by atoms with Crippen molar-refractivity contribution in [2.45, 2.75) is 6.04 Å². The lowest BCUT2D eigenvalue weighted by Gasteiger charge is -2.31. The third-order valence-electron chi connectivity index (χ3n) is 5.46. The van der Waals surface area contributed by atoms with Gasteiger partial charge in [-0.2, -0.15) is 0 Å². The Labute approximate surface area is 174 Å². The molecular weight excluding hydrogens is 386 g/mol. The van der Waals surface area contributed by atoms with Crippen LogP contribution in [-0.2, 0) is 14.3 Å². The molecule has 2 aliphatic rings. The molecule has 1 aromatic heterocycles. The minimum atomic E-state index is -0.736. The van der Waals surface area contributed by atoms with Crippen LogP contribution in [0, 0.1) is 0 Å². The number of Topliss-reactive ketones (excluding diaryl/α,β-unsaturated/α-hetero) is 1. The second-order valence-electron chi connectivity index (χ2n) is 7.27. The second kappa shape index (κ2) is 8.64. The lowest BCUT2D eigenvalue weighted by molar-refractivity contribution is -0.140. The minimum absolute atomic E-state index is 0.0406. The first kappa shape index (κ1) is 20.1. The van der Waals surface area contributed by atoms with Crippen molar-refractivity contribution in [1.29, 1.82) is 0 Å². The summed E-state index contributed by atoms with van der Waals surface area (Å²) in [5.41, 5.74) is 1.10. The number of ether oxygens (including phenoxy) is 1. The van der Waals surface area contributed by atoms with Crippen LogP contribution in [0.5, 0.6) is 5.75 Å². The number of morpholine rings is 1. The predicted molar refractivity (Wildman–Crippen MR) is 109 cm³/mol. The first-order valence-electron chi connectivity index (χ1n) is 9.84. The molecule has 2 aliphatic heterocycles. The fourth-order valence-electron chi connectivity index (χ4n) is 3.85. The summed E-state index contributed by atoms with van der Waals surface area (Å²) >= 11 is 0. The quantitative estimate of drug-likeness (QED) is 0.439. The Hall–Kier alpha value is -3.23. The molecule has 0 aliphatic carbocycles. The number of pyridine rings is 1. The van der Waals surface area contributed by atoms with Gasteiger partial charge in [0.15, 0.2) is 0 Å². The maximum atomic E-state index is 12.9. The van der Waals surface area contributed by atoms with E-state index in [0.717, 1.165) is 13.1 Å². The third-order valence-corrected chi connectivity index (χ3v) is 5.46. The van der Waals surface area contributed by atoms with Crippen molar-refractivity contribution < 1.29 is 24.5 Å². The molecule has 30 heavy (non-hydrogen) atoms. The van der Waals surface area contributed by atoms with E-state index in [4.69, 9.17) is 4.74 Å². The van der Waals surface area contributed by atoms with Crippen molar-refractivity contribution in [3.63, 3.8) is 0 Å². The maximum absolute atomic E-state index is 12.9. The summed E-state index contributed by atoms with van der Waals surface area (Å²) in [7, 11) is 0. The van der Waals surface area contributed by atoms with Crippen LogP contribution in [0.15, 0.2) is 54.4 Å². The van der Waals surface area contributed by atoms with Crippen LogP contribution in [0.2, 0.25) is 0 Å². The van der Waals surface area contributed by atoms with Gasteiger partial charge in [-0.05, 0) is 29.8 Å². The highest BCUT2D eigenvalue weighted by atomic mass is 16.5. The molecule has 4 rings (SSSR count). The largest absolute Gasteiger partial charge is 0.508 e. The monoisotopic (exact) mass is 409 g/mol. The molecule has 1 amide bonds. The number of hydrogen-bond acceptors (Lipinski definition) is 7. The Morgan fingerprint density at radius 1 is 1.03 bits per heavy atom. The fraction of sp³-hybridized carbons (Fsp3) is 0.318. The Morgan fingerprint density at radius 2 is 1.70 bits per heavy atom. The van der Waals surface area contributed by atoms with E-state index < -0.39 is 17.7 Å². The number of phenols is 1. The summed E-state index contributed by atoms with van der Waals surface area (Å²) in [6.07, 6.45) is 3.03. The van der Waals surface area contributed by atoms with Crippen LogP contribution in [-0.4, -0.2) is 76.1 Å². The third kappa shape index (κ3) is 3.92. The number of nitrogens with zero attached hydrogens (tertiary/aromatic N) is 3. The molecule has 0 bridgehead atoms. The number of carbonyl (C=O) groups excluding carboxylic acids is 2. The number of amides is 1. The number of rotatable bonds is 5. The Bertz CT molecular complexity index is 952. The number of carbonyl (C=O) groups is 2. The van der Waals surface area contributed by atoms with Crippen LogP contribution in [0.1, 0.15) is 17.2 Å². The van der Waals surface area contributed by atoms with Gasteiger partial charge in [-0.3, -0.25) is 19.5 Å². The Balaban J connectivity index is 1.72. The van der Waals surface area contributed by atoms with Gasteiger partial charge in [0.1, 0.15) is 11.5 Å². The van der Waals surface area contributed by atoms with Gasteiger partial charge in [-0.25, -0.2) is 0 Å². The summed E-state index contributed by atoms with van der Waals surface area (Å²) in [5, 5.41) is 20.6. The van der Waals surface area contributed by atoms with Gasteiger partial charge >= 0.3 is 0 Å². The van der Waals surface area contributed by atoms with Gasteiger partial charge in [0.05, 0.1) is 24.8 Å². The van der Waals surface area contributed by atoms with Gasteiger partial charge in [-0.1, -0.05) is 12.1 Å². The first-order valence-corrected chi connectivity index (χ1v) is 9.84. The predicted octanol–water partition coefficient (Wildman–Crippen LogP) is 1.54. The van der Waals surface area contributed by atoms with Gasteiger partial charge in [0, 0.05) is 44.1 Å². The van der Waals surface area contributed by atoms with Crippen LogP contribution in [0.25, 0.3) is 5.76 Å². The molecule has 1 atom stereocenters. The van der Waals surface area contributed by atoms with Crippen LogP contribution in [0.3, 0.4) is 0 Å². The molecule has 3 heterocycles. The zero-order valence-corrected chi connectivity index (χ0v) is 16.4. The van der Waals surface area contributed by atoms with E-state index in [1.165, 1.54) is 29.4 Å². The van der Waals surface area contributed by atoms with E-state index in [-0.39, 0.29) is 17.1 Å². The molecule has 156 valence electrons. The molecule has 0 radical (unpaired) electrons. The number of aliphatic hydroxyl groups is 1. The molecule has 2 saturated heterocycles. The number of aromatic nitrogens is 1. The van der Waals surface area contributed by atoms with E-state index in [9.17, 15) is 19.8 Å². The Morgan fingerprint density at radius 3 is 2.37 bits per heavy atom. The van der Waals surface area contributed by atoms with Crippen molar-refractivity contribution in [3.8, 4) is 5.75 Å². The van der Waals surface area contributed by atoms with Crippen molar-refractivity contribution in [3.05, 3.63) is 65.5 Å². The summed E-state index contributed by atoms with van der Waals surface area (Å²) in [5.74, 6) is -1.51. The normalized spacial score (nSPS) is 21.9. The smallest absolute Gasteiger partial charge is 0.295 e. The second-order valence-corrected chi connectivity index (χ2v) is 7.27. The van der Waals surface area contributed by atoms with Crippen molar-refractivity contribution >= 4 is 17.4 Å². The molecule has 2 N–H and O–H groups in total. The number of hydrogen-bond donors (Lipinski definition) is 2. The molecular formula is C22H23N3O5. The van der Waals surface area contributed by atoms with E-state index in [1.54, 1.807) is 24.3 Å². The number of phenolic OH excluding ortho intramolecular Hbond substituents is 1. The molecule has 1 unspecified atom stereocenters. The molecule has 8 heteroatoms. The van der Waals surface area contributed by atoms with Crippen molar-refractivity contribution in [2.24, 2.45) is 0 Å². The molecule has 2 aromatic rings. The average molecular weight is 409 g/mol. The van der Waals surface area contributed by atoms with Crippen LogP contribution < -0.4 is 0 Å². The van der Waals surface area contributed by atoms with Crippen molar-refractivity contribution in [2.75, 3.05) is 39.4 Å². The molecule has 0 spiro atoms. The first-order chi connectivity index (χ1) is 14.6. The number of aliphatic hydroxyl groups excluding tert-OH is 1. The van der Waals surface area contributed by atoms with Crippen molar-refractivity contribution in [1.82, 2.24) is 14.8 Å². The minimum Gasteiger partial charge on any atom is -0.508 e. The number of likely N-dealkylation sites (tertiary alicyclic amines) is 1. The molecule has 2 fully saturated rings. The summed E-state index contributed by atoms with van der Waals surface area (Å²) < 4.78 is 5.36. The highest BCUT2D eigenvalue weighted by Crippen LogP contribution is 2.39. The standard InChI is InChI=1S/C22H23N3O5/c26-17-3-1-15(2-4-17)19-18(20(27)16-5-7-23-8-6-16)21(28)22(29)25(19)10-9-24-11-13-30-14-12-24/h1-8,19,26-27H,9-14H2/b20-18+. The number of aromatic hydroxyl groups is 1. The topological polar surface area (TPSA) is 103 Å². The van der Waals surface area contributed by atoms with Crippen LogP contribution >= 0.6 is 0 Å². The van der Waals surface area contributed by atoms with Crippen LogP contribution in [0.4, 0.5) is 0 Å². The average Bonchev–Trinajstić information content (AvgIpc) is 3.04. The highest BCUT2D eigenvalue weighted by molar-refractivity contribution is 6.46. The maximum Gasteiger partial charge on any atom is 0.295 e. The number of benzene rings is 1. The zero-order chi connectivity index (χ0) is 21.1. The molecule has 0 saturated carbocycles. The lowest BCUT2D eigenvalue weighted by Crippen LogP contribution is -2.42. The van der Waals surface area contributed by atoms with E-state index >= 15 is 0 Å². The fourth-order valence-corrected chi connectivity index (χ4v) is 3.85. The zero-order valence-electron chi connectivity index (χ0n) is 16.4. The summed E-state index contributed by atoms with van der Waals surface area (Å²) in [6.45, 7) is 3.75. The summed E-state index contributed by atoms with van der Waals surface area (Å²) in [6, 6.07) is 8.77. The van der Waals surface area contributed by atoms with Gasteiger partial charge in [-0.15, -0.1) is 0 Å². The molecule has 1 aromatic carbocycles. The van der Waals surface area contributed by atoms with Gasteiger partial charge in [0.2, 0.25) is 0 Å².